The quantitative estimate of drug-likeness (QED) is 0.255. The van der Waals surface area contributed by atoms with Crippen LogP contribution in [0.5, 0.6) is 11.5 Å². The van der Waals surface area contributed by atoms with E-state index in [1.165, 1.54) is 0 Å². The normalized spacial score (nSPS) is 11.2. The molecule has 0 aliphatic heterocycles. The molecular formula is C28H29NO6. The van der Waals surface area contributed by atoms with Crippen molar-refractivity contribution in [2.45, 2.75) is 25.4 Å². The highest BCUT2D eigenvalue weighted by Crippen LogP contribution is 2.17. The standard InChI is InChI=1S/C28H29NO6/c1-2-33-26(28(31)32)19-22-9-13-24(14-10-22)34-17-6-18-35-25-15-11-23(12-16-25)29-27(30)20-21-7-4-3-5-8-21/h2-5,7-16,26H,1,6,17-20H2,(H,29,30)(H,31,32)/t26-/m0/s1. The van der Waals surface area contributed by atoms with Gasteiger partial charge in [0.05, 0.1) is 25.9 Å². The average Bonchev–Trinajstić information content (AvgIpc) is 2.86. The van der Waals surface area contributed by atoms with Gasteiger partial charge in [0.15, 0.2) is 6.10 Å². The molecule has 0 aromatic heterocycles. The van der Waals surface area contributed by atoms with E-state index in [4.69, 9.17) is 19.3 Å². The molecule has 7 heteroatoms. The first kappa shape index (κ1) is 25.4. The lowest BCUT2D eigenvalue weighted by Gasteiger charge is -2.12. The molecule has 0 heterocycles. The Bertz CT molecular complexity index is 1080. The second-order valence-corrected chi connectivity index (χ2v) is 7.76. The van der Waals surface area contributed by atoms with E-state index in [2.05, 4.69) is 11.9 Å². The van der Waals surface area contributed by atoms with Gasteiger partial charge in [-0.3, -0.25) is 4.79 Å². The minimum atomic E-state index is -1.03. The monoisotopic (exact) mass is 475 g/mol. The van der Waals surface area contributed by atoms with Crippen LogP contribution in [0.15, 0.2) is 91.7 Å². The van der Waals surface area contributed by atoms with Gasteiger partial charge in [0, 0.05) is 18.5 Å². The molecule has 2 N–H and O–H groups in total. The van der Waals surface area contributed by atoms with Gasteiger partial charge >= 0.3 is 5.97 Å². The van der Waals surface area contributed by atoms with Gasteiger partial charge in [-0.15, -0.1) is 0 Å². The third kappa shape index (κ3) is 8.89. The fourth-order valence-electron chi connectivity index (χ4n) is 3.31. The molecule has 0 aliphatic carbocycles. The van der Waals surface area contributed by atoms with Gasteiger partial charge in [0.25, 0.3) is 0 Å². The highest BCUT2D eigenvalue weighted by molar-refractivity contribution is 5.92. The highest BCUT2D eigenvalue weighted by atomic mass is 16.5. The molecule has 3 rings (SSSR count). The van der Waals surface area contributed by atoms with Crippen molar-refractivity contribution in [1.82, 2.24) is 0 Å². The molecule has 3 aromatic carbocycles. The van der Waals surface area contributed by atoms with Crippen molar-refractivity contribution in [3.63, 3.8) is 0 Å². The molecule has 0 fully saturated rings. The van der Waals surface area contributed by atoms with E-state index in [-0.39, 0.29) is 12.3 Å². The van der Waals surface area contributed by atoms with Crippen LogP contribution in [0, 0.1) is 0 Å². The zero-order chi connectivity index (χ0) is 24.9. The molecule has 1 atom stereocenters. The second-order valence-electron chi connectivity index (χ2n) is 7.76. The number of carboxylic acids is 1. The third-order valence-corrected chi connectivity index (χ3v) is 5.05. The number of carbonyl (C=O) groups is 2. The first-order valence-electron chi connectivity index (χ1n) is 11.3. The van der Waals surface area contributed by atoms with Crippen molar-refractivity contribution in [2.75, 3.05) is 18.5 Å². The number of carboxylic acid groups (broad SMARTS) is 1. The van der Waals surface area contributed by atoms with Crippen LogP contribution in [0.25, 0.3) is 0 Å². The maximum absolute atomic E-state index is 12.2. The Morgan fingerprint density at radius 2 is 1.46 bits per heavy atom. The average molecular weight is 476 g/mol. The smallest absolute Gasteiger partial charge is 0.345 e. The minimum Gasteiger partial charge on any atom is -0.493 e. The summed E-state index contributed by atoms with van der Waals surface area (Å²) in [6.07, 6.45) is 1.43. The van der Waals surface area contributed by atoms with Crippen LogP contribution in [0.3, 0.4) is 0 Å². The summed E-state index contributed by atoms with van der Waals surface area (Å²) in [7, 11) is 0. The lowest BCUT2D eigenvalue weighted by Crippen LogP contribution is -2.24. The Hall–Kier alpha value is -4.26. The number of hydrogen-bond acceptors (Lipinski definition) is 5. The molecule has 0 saturated carbocycles. The minimum absolute atomic E-state index is 0.0677. The summed E-state index contributed by atoms with van der Waals surface area (Å²) in [5, 5.41) is 12.0. The Morgan fingerprint density at radius 1 is 0.857 bits per heavy atom. The Kier molecular flexibility index (Phi) is 9.75. The predicted octanol–water partition coefficient (Wildman–Crippen LogP) is 4.87. The largest absolute Gasteiger partial charge is 0.493 e. The van der Waals surface area contributed by atoms with Gasteiger partial charge in [0.1, 0.15) is 11.5 Å². The first-order valence-corrected chi connectivity index (χ1v) is 11.3. The molecule has 0 radical (unpaired) electrons. The summed E-state index contributed by atoms with van der Waals surface area (Å²) >= 11 is 0. The number of nitrogens with one attached hydrogen (secondary N) is 1. The van der Waals surface area contributed by atoms with Crippen LogP contribution in [0.4, 0.5) is 5.69 Å². The van der Waals surface area contributed by atoms with Gasteiger partial charge in [-0.25, -0.2) is 4.79 Å². The first-order chi connectivity index (χ1) is 17.0. The van der Waals surface area contributed by atoms with E-state index >= 15 is 0 Å². The zero-order valence-electron chi connectivity index (χ0n) is 19.4. The fraction of sp³-hybridized carbons (Fsp3) is 0.214. The predicted molar refractivity (Wildman–Crippen MR) is 134 cm³/mol. The molecular weight excluding hydrogens is 446 g/mol. The maximum Gasteiger partial charge on any atom is 0.345 e. The highest BCUT2D eigenvalue weighted by Gasteiger charge is 2.18. The SMILES string of the molecule is C=CO[C@@H](Cc1ccc(OCCCOc2ccc(NC(=O)Cc3ccccc3)cc2)cc1)C(=O)O. The summed E-state index contributed by atoms with van der Waals surface area (Å²) in [4.78, 5) is 23.3. The summed E-state index contributed by atoms with van der Waals surface area (Å²) in [5.74, 6) is 0.306. The molecule has 0 spiro atoms. The van der Waals surface area contributed by atoms with Crippen LogP contribution >= 0.6 is 0 Å². The van der Waals surface area contributed by atoms with Gasteiger partial charge in [-0.05, 0) is 47.5 Å². The molecule has 35 heavy (non-hydrogen) atoms. The fourth-order valence-corrected chi connectivity index (χ4v) is 3.31. The zero-order valence-corrected chi connectivity index (χ0v) is 19.4. The van der Waals surface area contributed by atoms with Crippen LogP contribution in [-0.2, 0) is 27.2 Å². The Balaban J connectivity index is 1.34. The molecule has 0 unspecified atom stereocenters. The van der Waals surface area contributed by atoms with Crippen LogP contribution < -0.4 is 14.8 Å². The molecule has 1 amide bonds. The summed E-state index contributed by atoms with van der Waals surface area (Å²) in [6, 6.07) is 24.1. The van der Waals surface area contributed by atoms with E-state index in [9.17, 15) is 9.59 Å². The van der Waals surface area contributed by atoms with E-state index < -0.39 is 12.1 Å². The Labute approximate surface area is 205 Å². The molecule has 182 valence electrons. The lowest BCUT2D eigenvalue weighted by molar-refractivity contribution is -0.146. The summed E-state index contributed by atoms with van der Waals surface area (Å²) in [5.41, 5.74) is 2.51. The van der Waals surface area contributed by atoms with Crippen LogP contribution in [0.2, 0.25) is 0 Å². The van der Waals surface area contributed by atoms with Crippen molar-refractivity contribution in [1.29, 1.82) is 0 Å². The van der Waals surface area contributed by atoms with Crippen LogP contribution in [-0.4, -0.2) is 36.3 Å². The van der Waals surface area contributed by atoms with Crippen molar-refractivity contribution >= 4 is 17.6 Å². The van der Waals surface area contributed by atoms with Gasteiger partial charge in [0.2, 0.25) is 5.91 Å². The Morgan fingerprint density at radius 3 is 2.03 bits per heavy atom. The second kappa shape index (κ2) is 13.4. The van der Waals surface area contributed by atoms with Crippen molar-refractivity contribution in [2.24, 2.45) is 0 Å². The van der Waals surface area contributed by atoms with Crippen molar-refractivity contribution in [3.8, 4) is 11.5 Å². The van der Waals surface area contributed by atoms with Gasteiger partial charge in [-0.1, -0.05) is 49.0 Å². The third-order valence-electron chi connectivity index (χ3n) is 5.05. The number of anilines is 1. The molecule has 7 nitrogen and oxygen atoms in total. The summed E-state index contributed by atoms with van der Waals surface area (Å²) < 4.78 is 16.5. The van der Waals surface area contributed by atoms with E-state index in [0.717, 1.165) is 23.1 Å². The van der Waals surface area contributed by atoms with E-state index in [0.29, 0.717) is 37.6 Å². The molecule has 3 aromatic rings. The van der Waals surface area contributed by atoms with Crippen molar-refractivity contribution < 1.29 is 28.9 Å². The number of benzene rings is 3. The van der Waals surface area contributed by atoms with Crippen molar-refractivity contribution in [3.05, 3.63) is 103 Å². The number of ether oxygens (including phenoxy) is 3. The summed E-state index contributed by atoms with van der Waals surface area (Å²) in [6.45, 7) is 4.36. The number of aliphatic carboxylic acids is 1. The van der Waals surface area contributed by atoms with Gasteiger partial charge in [-0.2, -0.15) is 0 Å². The molecule has 0 saturated heterocycles. The maximum atomic E-state index is 12.2. The van der Waals surface area contributed by atoms with E-state index in [1.807, 2.05) is 66.7 Å². The topological polar surface area (TPSA) is 94.1 Å². The number of amides is 1. The van der Waals surface area contributed by atoms with Gasteiger partial charge < -0.3 is 24.6 Å². The molecule has 0 aliphatic rings. The van der Waals surface area contributed by atoms with E-state index in [1.54, 1.807) is 12.1 Å². The lowest BCUT2D eigenvalue weighted by atomic mass is 10.1. The van der Waals surface area contributed by atoms with Crippen LogP contribution in [0.1, 0.15) is 17.5 Å². The number of carbonyl (C=O) groups excluding carboxylic acids is 1. The molecule has 0 bridgehead atoms. The number of hydrogen-bond donors (Lipinski definition) is 2. The number of rotatable bonds is 14.